The highest BCUT2D eigenvalue weighted by Gasteiger charge is 2.26. The van der Waals surface area contributed by atoms with Crippen LogP contribution in [0.4, 0.5) is 4.79 Å². The summed E-state index contributed by atoms with van der Waals surface area (Å²) >= 11 is 0. The molecule has 0 bridgehead atoms. The van der Waals surface area contributed by atoms with E-state index in [-0.39, 0.29) is 0 Å². The van der Waals surface area contributed by atoms with Crippen LogP contribution in [0.5, 0.6) is 0 Å². The molecule has 1 saturated heterocycles. The van der Waals surface area contributed by atoms with Crippen molar-refractivity contribution in [3.8, 4) is 0 Å². The van der Waals surface area contributed by atoms with Gasteiger partial charge in [-0.05, 0) is 12.1 Å². The lowest BCUT2D eigenvalue weighted by molar-refractivity contribution is -0.130. The number of ether oxygens (including phenoxy) is 1. The van der Waals surface area contributed by atoms with Gasteiger partial charge in [-0.2, -0.15) is 0 Å². The summed E-state index contributed by atoms with van der Waals surface area (Å²) in [5, 5.41) is 2.50. The van der Waals surface area contributed by atoms with E-state index in [1.54, 1.807) is 30.3 Å². The summed E-state index contributed by atoms with van der Waals surface area (Å²) in [6.07, 6.45) is 0. The Kier molecular flexibility index (Phi) is 3.57. The van der Waals surface area contributed by atoms with Gasteiger partial charge < -0.3 is 10.1 Å². The van der Waals surface area contributed by atoms with Crippen molar-refractivity contribution in [3.05, 3.63) is 35.9 Å². The predicted molar refractivity (Wildman–Crippen MR) is 61.8 cm³/mol. The molecule has 0 unspecified atom stereocenters. The molecular formula is C12H12N2O4. The highest BCUT2D eigenvalue weighted by molar-refractivity contribution is 5.98. The van der Waals surface area contributed by atoms with E-state index in [1.165, 1.54) is 0 Å². The fourth-order valence-corrected chi connectivity index (χ4v) is 1.57. The molecule has 1 fully saturated rings. The van der Waals surface area contributed by atoms with Gasteiger partial charge in [0.2, 0.25) is 0 Å². The van der Waals surface area contributed by atoms with Crippen LogP contribution in [-0.4, -0.2) is 42.5 Å². The first-order valence-electron chi connectivity index (χ1n) is 5.49. The number of urea groups is 1. The largest absolute Gasteiger partial charge is 0.452 e. The molecule has 0 aromatic heterocycles. The van der Waals surface area contributed by atoms with E-state index in [0.29, 0.717) is 18.7 Å². The van der Waals surface area contributed by atoms with Crippen LogP contribution in [0.1, 0.15) is 10.4 Å². The Balaban J connectivity index is 1.86. The van der Waals surface area contributed by atoms with Crippen LogP contribution in [0.15, 0.2) is 30.3 Å². The van der Waals surface area contributed by atoms with Crippen molar-refractivity contribution in [1.29, 1.82) is 0 Å². The molecule has 0 saturated carbocycles. The number of hydrogen-bond donors (Lipinski definition) is 1. The quantitative estimate of drug-likeness (QED) is 0.785. The Hall–Kier alpha value is -2.37. The van der Waals surface area contributed by atoms with Gasteiger partial charge in [0.1, 0.15) is 0 Å². The molecule has 1 aliphatic heterocycles. The zero-order valence-corrected chi connectivity index (χ0v) is 9.59. The normalized spacial score (nSPS) is 14.2. The van der Waals surface area contributed by atoms with Crippen molar-refractivity contribution in [2.75, 3.05) is 19.7 Å². The first-order chi connectivity index (χ1) is 8.68. The number of esters is 1. The Morgan fingerprint density at radius 2 is 2.00 bits per heavy atom. The minimum Gasteiger partial charge on any atom is -0.452 e. The number of rotatable bonds is 3. The SMILES string of the molecule is O=C(OCC(=O)N1CCNC1=O)c1ccccc1. The van der Waals surface area contributed by atoms with Gasteiger partial charge >= 0.3 is 12.0 Å². The predicted octanol–water partition coefficient (Wildman–Crippen LogP) is 0.395. The lowest BCUT2D eigenvalue weighted by atomic mass is 10.2. The molecule has 0 aliphatic carbocycles. The Morgan fingerprint density at radius 3 is 2.61 bits per heavy atom. The molecule has 0 radical (unpaired) electrons. The van der Waals surface area contributed by atoms with Gasteiger partial charge in [0.05, 0.1) is 5.56 Å². The van der Waals surface area contributed by atoms with E-state index in [2.05, 4.69) is 5.32 Å². The van der Waals surface area contributed by atoms with Crippen LogP contribution in [-0.2, 0) is 9.53 Å². The van der Waals surface area contributed by atoms with Crippen molar-refractivity contribution in [2.24, 2.45) is 0 Å². The third-order valence-corrected chi connectivity index (χ3v) is 2.49. The van der Waals surface area contributed by atoms with Crippen molar-refractivity contribution in [1.82, 2.24) is 10.2 Å². The molecule has 18 heavy (non-hydrogen) atoms. The van der Waals surface area contributed by atoms with E-state index >= 15 is 0 Å². The molecule has 1 heterocycles. The maximum Gasteiger partial charge on any atom is 0.338 e. The van der Waals surface area contributed by atoms with Crippen molar-refractivity contribution >= 4 is 17.9 Å². The average molecular weight is 248 g/mol. The Labute approximate surface area is 104 Å². The monoisotopic (exact) mass is 248 g/mol. The molecule has 0 atom stereocenters. The van der Waals surface area contributed by atoms with Crippen LogP contribution in [0.2, 0.25) is 0 Å². The van der Waals surface area contributed by atoms with Gasteiger partial charge in [0.25, 0.3) is 5.91 Å². The van der Waals surface area contributed by atoms with Gasteiger partial charge in [-0.3, -0.25) is 9.69 Å². The molecule has 6 heteroatoms. The number of hydrogen-bond acceptors (Lipinski definition) is 4. The topological polar surface area (TPSA) is 75.7 Å². The van der Waals surface area contributed by atoms with Crippen LogP contribution >= 0.6 is 0 Å². The standard InChI is InChI=1S/C12H12N2O4/c15-10(14-7-6-13-12(14)17)8-18-11(16)9-4-2-1-3-5-9/h1-5H,6-8H2,(H,13,17). The van der Waals surface area contributed by atoms with E-state index < -0.39 is 24.5 Å². The highest BCUT2D eigenvalue weighted by atomic mass is 16.5. The molecule has 94 valence electrons. The third kappa shape index (κ3) is 2.65. The van der Waals surface area contributed by atoms with Gasteiger partial charge in [-0.15, -0.1) is 0 Å². The van der Waals surface area contributed by atoms with Crippen LogP contribution in [0.25, 0.3) is 0 Å². The number of benzene rings is 1. The molecule has 6 nitrogen and oxygen atoms in total. The molecule has 1 aromatic rings. The van der Waals surface area contributed by atoms with E-state index in [9.17, 15) is 14.4 Å². The number of nitrogens with zero attached hydrogens (tertiary/aromatic N) is 1. The summed E-state index contributed by atoms with van der Waals surface area (Å²) < 4.78 is 4.84. The number of carbonyl (C=O) groups is 3. The molecule has 1 aliphatic rings. The number of amides is 3. The zero-order chi connectivity index (χ0) is 13.0. The first kappa shape index (κ1) is 12.1. The number of carbonyl (C=O) groups excluding carboxylic acids is 3. The van der Waals surface area contributed by atoms with Gasteiger partial charge in [-0.1, -0.05) is 18.2 Å². The van der Waals surface area contributed by atoms with Crippen molar-refractivity contribution < 1.29 is 19.1 Å². The van der Waals surface area contributed by atoms with Crippen molar-refractivity contribution in [2.45, 2.75) is 0 Å². The summed E-state index contributed by atoms with van der Waals surface area (Å²) in [7, 11) is 0. The minimum absolute atomic E-state index is 0.306. The fraction of sp³-hybridized carbons (Fsp3) is 0.250. The Morgan fingerprint density at radius 1 is 1.28 bits per heavy atom. The highest BCUT2D eigenvalue weighted by Crippen LogP contribution is 2.03. The second-order valence-electron chi connectivity index (χ2n) is 3.72. The van der Waals surface area contributed by atoms with Crippen molar-refractivity contribution in [3.63, 3.8) is 0 Å². The minimum atomic E-state index is -0.580. The molecule has 1 aromatic carbocycles. The number of imide groups is 1. The number of nitrogens with one attached hydrogen (secondary N) is 1. The lowest BCUT2D eigenvalue weighted by Gasteiger charge is -2.11. The summed E-state index contributed by atoms with van der Waals surface area (Å²) in [4.78, 5) is 35.3. The third-order valence-electron chi connectivity index (χ3n) is 2.49. The molecule has 0 spiro atoms. The molecule has 3 amide bonds. The summed E-state index contributed by atoms with van der Waals surface area (Å²) in [6.45, 7) is 0.304. The molecule has 2 rings (SSSR count). The Bertz CT molecular complexity index is 472. The van der Waals surface area contributed by atoms with Gasteiger partial charge in [-0.25, -0.2) is 9.59 Å². The summed E-state index contributed by atoms with van der Waals surface area (Å²) in [5.74, 6) is -1.10. The summed E-state index contributed by atoms with van der Waals surface area (Å²) in [5.41, 5.74) is 0.371. The maximum absolute atomic E-state index is 11.6. The fourth-order valence-electron chi connectivity index (χ4n) is 1.57. The first-order valence-corrected chi connectivity index (χ1v) is 5.49. The summed E-state index contributed by atoms with van der Waals surface area (Å²) in [6, 6.07) is 7.91. The zero-order valence-electron chi connectivity index (χ0n) is 9.59. The maximum atomic E-state index is 11.6. The average Bonchev–Trinajstić information content (AvgIpc) is 2.83. The second-order valence-corrected chi connectivity index (χ2v) is 3.72. The van der Waals surface area contributed by atoms with E-state index in [4.69, 9.17) is 4.74 Å². The van der Waals surface area contributed by atoms with E-state index in [1.807, 2.05) is 0 Å². The van der Waals surface area contributed by atoms with Gasteiger partial charge in [0.15, 0.2) is 6.61 Å². The lowest BCUT2D eigenvalue weighted by Crippen LogP contribution is -2.37. The second kappa shape index (κ2) is 5.31. The molecule has 1 N–H and O–H groups in total. The van der Waals surface area contributed by atoms with Crippen LogP contribution in [0, 0.1) is 0 Å². The van der Waals surface area contributed by atoms with E-state index in [0.717, 1.165) is 4.90 Å². The van der Waals surface area contributed by atoms with Crippen LogP contribution < -0.4 is 5.32 Å². The molecular weight excluding hydrogens is 236 g/mol. The van der Waals surface area contributed by atoms with Crippen LogP contribution in [0.3, 0.4) is 0 Å². The van der Waals surface area contributed by atoms with Gasteiger partial charge in [0, 0.05) is 13.1 Å². The smallest absolute Gasteiger partial charge is 0.338 e.